The maximum Gasteiger partial charge on any atom is 0.133 e. The number of aldehydes is 3. The molecule has 0 atom stereocenters. The maximum atomic E-state index is 11.0. The van der Waals surface area contributed by atoms with Crippen molar-refractivity contribution in [3.8, 4) is 0 Å². The summed E-state index contributed by atoms with van der Waals surface area (Å²) in [5.41, 5.74) is 0.197. The van der Waals surface area contributed by atoms with E-state index in [2.05, 4.69) is 40.4 Å². The average Bonchev–Trinajstić information content (AvgIpc) is 2.56. The topological polar surface area (TPSA) is 64.2 Å². The van der Waals surface area contributed by atoms with Gasteiger partial charge in [-0.2, -0.15) is 0 Å². The summed E-state index contributed by atoms with van der Waals surface area (Å²) in [7, 11) is 0. The third-order valence-electron chi connectivity index (χ3n) is 4.63. The molecule has 1 fully saturated rings. The summed E-state index contributed by atoms with van der Waals surface area (Å²) in [5, 5.41) is 0. The lowest BCUT2D eigenvalue weighted by molar-refractivity contribution is -0.110. The van der Waals surface area contributed by atoms with Crippen LogP contribution >= 0.6 is 0 Å². The maximum absolute atomic E-state index is 11.0. The van der Waals surface area contributed by atoms with Gasteiger partial charge in [0, 0.05) is 58.9 Å². The number of nitrogens with zero attached hydrogens (tertiary/aromatic N) is 4. The highest BCUT2D eigenvalue weighted by Crippen LogP contribution is 2.15. The minimum absolute atomic E-state index is 0.197. The van der Waals surface area contributed by atoms with E-state index in [1.165, 1.54) is 0 Å². The first-order valence-electron chi connectivity index (χ1n) is 9.58. The second-order valence-electron chi connectivity index (χ2n) is 8.24. The molecule has 7 heteroatoms. The molecule has 150 valence electrons. The van der Waals surface area contributed by atoms with Gasteiger partial charge in [0.1, 0.15) is 18.9 Å². The van der Waals surface area contributed by atoms with E-state index < -0.39 is 0 Å². The fourth-order valence-electron chi connectivity index (χ4n) is 3.27. The zero-order chi connectivity index (χ0) is 19.4. The van der Waals surface area contributed by atoms with Gasteiger partial charge in [0.25, 0.3) is 0 Å². The summed E-state index contributed by atoms with van der Waals surface area (Å²) in [6, 6.07) is 0. The van der Waals surface area contributed by atoms with Crippen molar-refractivity contribution in [1.82, 2.24) is 19.6 Å². The fraction of sp³-hybridized carbons (Fsp3) is 0.842. The Bertz CT molecular complexity index is 399. The van der Waals surface area contributed by atoms with Gasteiger partial charge in [-0.1, -0.05) is 20.8 Å². The van der Waals surface area contributed by atoms with Gasteiger partial charge in [0.2, 0.25) is 0 Å². The Morgan fingerprint density at radius 2 is 0.846 bits per heavy atom. The number of hydrogen-bond donors (Lipinski definition) is 0. The van der Waals surface area contributed by atoms with E-state index in [9.17, 15) is 14.4 Å². The highest BCUT2D eigenvalue weighted by Gasteiger charge is 2.20. The molecule has 1 aliphatic heterocycles. The van der Waals surface area contributed by atoms with Crippen molar-refractivity contribution in [2.24, 2.45) is 5.41 Å². The van der Waals surface area contributed by atoms with Crippen LogP contribution in [0.1, 0.15) is 20.8 Å². The van der Waals surface area contributed by atoms with E-state index in [1.807, 2.05) is 0 Å². The Morgan fingerprint density at radius 1 is 0.577 bits per heavy atom. The second-order valence-corrected chi connectivity index (χ2v) is 8.24. The molecule has 0 aromatic heterocycles. The molecule has 1 aliphatic rings. The SMILES string of the molecule is CC(C)(C)CN1CCN(CC=O)CCN(CC=O)CCN(CC=O)CC1. The van der Waals surface area contributed by atoms with Crippen LogP contribution in [-0.4, -0.2) is 117 Å². The summed E-state index contributed by atoms with van der Waals surface area (Å²) in [4.78, 5) is 41.8. The first-order chi connectivity index (χ1) is 12.4. The summed E-state index contributed by atoms with van der Waals surface area (Å²) in [5.74, 6) is 0. The van der Waals surface area contributed by atoms with Crippen molar-refractivity contribution in [1.29, 1.82) is 0 Å². The quantitative estimate of drug-likeness (QED) is 0.579. The molecule has 0 aromatic rings. The van der Waals surface area contributed by atoms with E-state index >= 15 is 0 Å². The van der Waals surface area contributed by atoms with Gasteiger partial charge < -0.3 is 19.3 Å². The monoisotopic (exact) mass is 368 g/mol. The third kappa shape index (κ3) is 10.1. The standard InChI is InChI=1S/C19H36N4O3/c1-19(2,3)18-23-10-8-21(13-16-25)6-4-20(12-15-24)5-7-22(9-11-23)14-17-26/h15-17H,4-14,18H2,1-3H3. The van der Waals surface area contributed by atoms with Gasteiger partial charge in [-0.05, 0) is 5.41 Å². The van der Waals surface area contributed by atoms with Crippen molar-refractivity contribution in [2.45, 2.75) is 20.8 Å². The van der Waals surface area contributed by atoms with E-state index in [4.69, 9.17) is 0 Å². The van der Waals surface area contributed by atoms with Gasteiger partial charge in [-0.3, -0.25) is 14.7 Å². The number of carbonyl (C=O) groups excluding carboxylic acids is 3. The van der Waals surface area contributed by atoms with Crippen LogP contribution in [-0.2, 0) is 14.4 Å². The van der Waals surface area contributed by atoms with Gasteiger partial charge in [0.15, 0.2) is 0 Å². The molecule has 0 radical (unpaired) electrons. The predicted molar refractivity (Wildman–Crippen MR) is 103 cm³/mol. The van der Waals surface area contributed by atoms with Gasteiger partial charge >= 0.3 is 0 Å². The van der Waals surface area contributed by atoms with Crippen molar-refractivity contribution in [3.63, 3.8) is 0 Å². The predicted octanol–water partition coefficient (Wildman–Crippen LogP) is -0.149. The Kier molecular flexibility index (Phi) is 10.8. The molecule has 26 heavy (non-hydrogen) atoms. The lowest BCUT2D eigenvalue weighted by Gasteiger charge is -2.35. The molecule has 0 aliphatic carbocycles. The van der Waals surface area contributed by atoms with Crippen molar-refractivity contribution in [2.75, 3.05) is 78.5 Å². The zero-order valence-electron chi connectivity index (χ0n) is 16.7. The molecule has 0 N–H and O–H groups in total. The molecule has 1 heterocycles. The highest BCUT2D eigenvalue weighted by atomic mass is 16.1. The Hall–Kier alpha value is -1.15. The van der Waals surface area contributed by atoms with Crippen LogP contribution in [0.25, 0.3) is 0 Å². The molecule has 0 spiro atoms. The normalized spacial score (nSPS) is 20.9. The van der Waals surface area contributed by atoms with Crippen molar-refractivity contribution in [3.05, 3.63) is 0 Å². The number of hydrogen-bond acceptors (Lipinski definition) is 7. The van der Waals surface area contributed by atoms with Crippen LogP contribution in [0.5, 0.6) is 0 Å². The summed E-state index contributed by atoms with van der Waals surface area (Å²) in [6.07, 6.45) is 2.83. The van der Waals surface area contributed by atoms with Crippen molar-refractivity contribution >= 4 is 18.9 Å². The van der Waals surface area contributed by atoms with E-state index in [0.717, 1.165) is 77.8 Å². The summed E-state index contributed by atoms with van der Waals surface area (Å²) < 4.78 is 0. The molecule has 1 rings (SSSR count). The van der Waals surface area contributed by atoms with Crippen molar-refractivity contribution < 1.29 is 14.4 Å². The van der Waals surface area contributed by atoms with Crippen LogP contribution in [0.15, 0.2) is 0 Å². The highest BCUT2D eigenvalue weighted by molar-refractivity contribution is 5.52. The molecule has 1 saturated heterocycles. The fourth-order valence-corrected chi connectivity index (χ4v) is 3.27. The van der Waals surface area contributed by atoms with E-state index in [1.54, 1.807) is 0 Å². The Balaban J connectivity index is 2.82. The van der Waals surface area contributed by atoms with Crippen LogP contribution in [0.3, 0.4) is 0 Å². The third-order valence-corrected chi connectivity index (χ3v) is 4.63. The number of rotatable bonds is 7. The summed E-state index contributed by atoms with van der Waals surface area (Å²) >= 11 is 0. The van der Waals surface area contributed by atoms with E-state index in [-0.39, 0.29) is 5.41 Å². The number of carbonyl (C=O) groups is 3. The van der Waals surface area contributed by atoms with Crippen LogP contribution < -0.4 is 0 Å². The van der Waals surface area contributed by atoms with Gasteiger partial charge in [-0.25, -0.2) is 0 Å². The Morgan fingerprint density at radius 3 is 1.08 bits per heavy atom. The van der Waals surface area contributed by atoms with Crippen LogP contribution in [0.4, 0.5) is 0 Å². The second kappa shape index (κ2) is 12.3. The molecule has 0 saturated carbocycles. The van der Waals surface area contributed by atoms with Crippen LogP contribution in [0.2, 0.25) is 0 Å². The minimum Gasteiger partial charge on any atom is -0.302 e. The smallest absolute Gasteiger partial charge is 0.133 e. The average molecular weight is 369 g/mol. The molecule has 0 amide bonds. The summed E-state index contributed by atoms with van der Waals surface area (Å²) in [6.45, 7) is 15.4. The van der Waals surface area contributed by atoms with Gasteiger partial charge in [-0.15, -0.1) is 0 Å². The molecule has 0 aromatic carbocycles. The van der Waals surface area contributed by atoms with Gasteiger partial charge in [0.05, 0.1) is 19.6 Å². The van der Waals surface area contributed by atoms with E-state index in [0.29, 0.717) is 19.6 Å². The molecule has 0 bridgehead atoms. The Labute approximate surface area is 158 Å². The largest absolute Gasteiger partial charge is 0.302 e. The lowest BCUT2D eigenvalue weighted by Crippen LogP contribution is -2.48. The zero-order valence-corrected chi connectivity index (χ0v) is 16.7. The molecule has 0 unspecified atom stereocenters. The van der Waals surface area contributed by atoms with Crippen LogP contribution in [0, 0.1) is 5.41 Å². The lowest BCUT2D eigenvalue weighted by atomic mass is 9.96. The molecule has 7 nitrogen and oxygen atoms in total. The first-order valence-corrected chi connectivity index (χ1v) is 9.58. The first kappa shape index (κ1) is 22.9. The minimum atomic E-state index is 0.197. The molecular weight excluding hydrogens is 332 g/mol. The molecular formula is C19H36N4O3.